The van der Waals surface area contributed by atoms with Gasteiger partial charge in [0.1, 0.15) is 0 Å². The van der Waals surface area contributed by atoms with Crippen molar-refractivity contribution in [2.45, 2.75) is 18.4 Å². The number of rotatable bonds is 1. The molecule has 0 unspecified atom stereocenters. The van der Waals surface area contributed by atoms with E-state index in [1.807, 2.05) is 22.8 Å². The van der Waals surface area contributed by atoms with Crippen LogP contribution in [0.2, 0.25) is 0 Å². The molecule has 1 aliphatic carbocycles. The number of hydrogen-bond donors (Lipinski definition) is 1. The van der Waals surface area contributed by atoms with Crippen LogP contribution in [0.3, 0.4) is 0 Å². The number of fused-ring (bicyclic) bond motifs is 1. The summed E-state index contributed by atoms with van der Waals surface area (Å²) in [7, 11) is 0. The fraction of sp³-hybridized carbons (Fsp3) is 0.300. The molecular weight excluding hydrogens is 242 g/mol. The van der Waals surface area contributed by atoms with Crippen LogP contribution < -0.4 is 5.73 Å². The Hall–Kier alpha value is -0.870. The first kappa shape index (κ1) is 8.44. The second kappa shape index (κ2) is 2.58. The molecule has 2 N–H and O–H groups in total. The van der Waals surface area contributed by atoms with Crippen molar-refractivity contribution in [2.24, 2.45) is 5.73 Å². The van der Waals surface area contributed by atoms with Crippen molar-refractivity contribution in [1.29, 1.82) is 0 Å². The van der Waals surface area contributed by atoms with E-state index >= 15 is 0 Å². The van der Waals surface area contributed by atoms with Gasteiger partial charge in [-0.2, -0.15) is 5.10 Å². The van der Waals surface area contributed by atoms with E-state index in [-0.39, 0.29) is 5.54 Å². The van der Waals surface area contributed by atoms with Gasteiger partial charge in [0.05, 0.1) is 16.7 Å². The zero-order valence-electron chi connectivity index (χ0n) is 7.57. The van der Waals surface area contributed by atoms with E-state index in [9.17, 15) is 0 Å². The first-order valence-electron chi connectivity index (χ1n) is 4.62. The molecule has 3 rings (SSSR count). The molecule has 0 spiro atoms. The Balaban J connectivity index is 2.20. The van der Waals surface area contributed by atoms with E-state index < -0.39 is 0 Å². The molecule has 0 saturated heterocycles. The van der Waals surface area contributed by atoms with Gasteiger partial charge in [-0.3, -0.25) is 0 Å². The van der Waals surface area contributed by atoms with Crippen molar-refractivity contribution in [3.05, 3.63) is 34.6 Å². The van der Waals surface area contributed by atoms with Crippen molar-refractivity contribution in [1.82, 2.24) is 9.61 Å². The molecule has 72 valence electrons. The molecule has 1 aliphatic rings. The second-order valence-electron chi connectivity index (χ2n) is 3.90. The smallest absolute Gasteiger partial charge is 0.0833 e. The zero-order valence-corrected chi connectivity index (χ0v) is 9.16. The first-order valence-corrected chi connectivity index (χ1v) is 5.41. The van der Waals surface area contributed by atoms with Gasteiger partial charge in [0.15, 0.2) is 0 Å². The molecule has 2 heterocycles. The number of aromatic nitrogens is 2. The molecule has 4 heteroatoms. The van der Waals surface area contributed by atoms with Gasteiger partial charge in [-0.25, -0.2) is 4.52 Å². The predicted molar refractivity (Wildman–Crippen MR) is 58.0 cm³/mol. The summed E-state index contributed by atoms with van der Waals surface area (Å²) in [5, 5.41) is 4.46. The number of nitrogens with two attached hydrogens (primary N) is 1. The highest BCUT2D eigenvalue weighted by molar-refractivity contribution is 9.10. The van der Waals surface area contributed by atoms with Crippen LogP contribution in [-0.4, -0.2) is 9.61 Å². The van der Waals surface area contributed by atoms with E-state index in [1.165, 1.54) is 0 Å². The van der Waals surface area contributed by atoms with Crippen molar-refractivity contribution in [3.63, 3.8) is 0 Å². The lowest BCUT2D eigenvalue weighted by molar-refractivity contribution is 0.692. The second-order valence-corrected chi connectivity index (χ2v) is 4.82. The number of nitrogens with zero attached hydrogens (tertiary/aromatic N) is 2. The van der Waals surface area contributed by atoms with Gasteiger partial charge in [-0.05, 0) is 31.0 Å². The summed E-state index contributed by atoms with van der Waals surface area (Å²) in [5.74, 6) is 0. The van der Waals surface area contributed by atoms with E-state index in [0.717, 1.165) is 28.5 Å². The van der Waals surface area contributed by atoms with E-state index in [0.29, 0.717) is 0 Å². The molecule has 0 bridgehead atoms. The SMILES string of the molecule is NC1(c2cc3cc(Br)ccn3n2)CC1. The molecule has 0 aromatic carbocycles. The zero-order chi connectivity index (χ0) is 9.76. The summed E-state index contributed by atoms with van der Waals surface area (Å²) in [6, 6.07) is 6.08. The van der Waals surface area contributed by atoms with Gasteiger partial charge < -0.3 is 5.73 Å². The third-order valence-corrected chi connectivity index (χ3v) is 3.22. The van der Waals surface area contributed by atoms with Gasteiger partial charge >= 0.3 is 0 Å². The molecule has 1 saturated carbocycles. The van der Waals surface area contributed by atoms with E-state index in [1.54, 1.807) is 0 Å². The lowest BCUT2D eigenvalue weighted by Crippen LogP contribution is -2.19. The van der Waals surface area contributed by atoms with Crippen LogP contribution in [0.1, 0.15) is 18.5 Å². The Morgan fingerprint density at radius 2 is 2.21 bits per heavy atom. The highest BCUT2D eigenvalue weighted by atomic mass is 79.9. The van der Waals surface area contributed by atoms with Crippen LogP contribution in [0.15, 0.2) is 28.9 Å². The Labute approximate surface area is 90.0 Å². The summed E-state index contributed by atoms with van der Waals surface area (Å²) in [4.78, 5) is 0. The van der Waals surface area contributed by atoms with Gasteiger partial charge in [0.25, 0.3) is 0 Å². The van der Waals surface area contributed by atoms with Crippen LogP contribution >= 0.6 is 15.9 Å². The van der Waals surface area contributed by atoms with Gasteiger partial charge in [0, 0.05) is 10.7 Å². The minimum atomic E-state index is -0.140. The minimum Gasteiger partial charge on any atom is -0.320 e. The molecule has 14 heavy (non-hydrogen) atoms. The maximum Gasteiger partial charge on any atom is 0.0833 e. The Kier molecular flexibility index (Phi) is 1.56. The third kappa shape index (κ3) is 1.18. The van der Waals surface area contributed by atoms with E-state index in [4.69, 9.17) is 5.73 Å². The third-order valence-electron chi connectivity index (χ3n) is 2.72. The van der Waals surface area contributed by atoms with Gasteiger partial charge in [0.2, 0.25) is 0 Å². The fourth-order valence-corrected chi connectivity index (χ4v) is 1.95. The van der Waals surface area contributed by atoms with Crippen LogP contribution in [0, 0.1) is 0 Å². The average molecular weight is 252 g/mol. The van der Waals surface area contributed by atoms with Crippen molar-refractivity contribution < 1.29 is 0 Å². The highest BCUT2D eigenvalue weighted by Crippen LogP contribution is 2.42. The molecule has 2 aromatic heterocycles. The van der Waals surface area contributed by atoms with Gasteiger partial charge in [-0.15, -0.1) is 0 Å². The molecule has 0 radical (unpaired) electrons. The maximum absolute atomic E-state index is 6.08. The highest BCUT2D eigenvalue weighted by Gasteiger charge is 2.42. The average Bonchev–Trinajstić information content (AvgIpc) is 2.77. The van der Waals surface area contributed by atoms with Crippen LogP contribution in [-0.2, 0) is 5.54 Å². The molecule has 1 fully saturated rings. The summed E-state index contributed by atoms with van der Waals surface area (Å²) in [6.07, 6.45) is 4.05. The van der Waals surface area contributed by atoms with Gasteiger partial charge in [-0.1, -0.05) is 15.9 Å². The largest absolute Gasteiger partial charge is 0.320 e. The monoisotopic (exact) mass is 251 g/mol. The van der Waals surface area contributed by atoms with Crippen LogP contribution in [0.4, 0.5) is 0 Å². The van der Waals surface area contributed by atoms with Crippen LogP contribution in [0.25, 0.3) is 5.52 Å². The van der Waals surface area contributed by atoms with E-state index in [2.05, 4.69) is 27.1 Å². The molecule has 3 nitrogen and oxygen atoms in total. The maximum atomic E-state index is 6.08. The summed E-state index contributed by atoms with van der Waals surface area (Å²) < 4.78 is 2.94. The van der Waals surface area contributed by atoms with Crippen LogP contribution in [0.5, 0.6) is 0 Å². The quantitative estimate of drug-likeness (QED) is 0.844. The van der Waals surface area contributed by atoms with Crippen molar-refractivity contribution in [3.8, 4) is 0 Å². The Morgan fingerprint density at radius 1 is 1.43 bits per heavy atom. The number of hydrogen-bond acceptors (Lipinski definition) is 2. The van der Waals surface area contributed by atoms with Crippen molar-refractivity contribution >= 4 is 21.4 Å². The summed E-state index contributed by atoms with van der Waals surface area (Å²) in [5.41, 5.74) is 8.04. The fourth-order valence-electron chi connectivity index (χ4n) is 1.60. The molecule has 0 aliphatic heterocycles. The number of halogens is 1. The molecule has 0 atom stereocenters. The Bertz CT molecular complexity index is 499. The normalized spacial score (nSPS) is 18.7. The van der Waals surface area contributed by atoms with Crippen molar-refractivity contribution in [2.75, 3.05) is 0 Å². The lowest BCUT2D eigenvalue weighted by atomic mass is 10.2. The molecule has 2 aromatic rings. The number of pyridine rings is 1. The minimum absolute atomic E-state index is 0.140. The molecular formula is C10H10BrN3. The lowest BCUT2D eigenvalue weighted by Gasteiger charge is -2.00. The summed E-state index contributed by atoms with van der Waals surface area (Å²) >= 11 is 3.44. The standard InChI is InChI=1S/C10H10BrN3/c11-7-1-4-14-8(5-7)6-9(13-14)10(12)2-3-10/h1,4-6H,2-3,12H2. The predicted octanol–water partition coefficient (Wildman–Crippen LogP) is 2.04. The first-order chi connectivity index (χ1) is 6.67. The summed E-state index contributed by atoms with van der Waals surface area (Å²) in [6.45, 7) is 0. The Morgan fingerprint density at radius 3 is 2.93 bits per heavy atom. The molecule has 0 amide bonds. The topological polar surface area (TPSA) is 43.3 Å².